The van der Waals surface area contributed by atoms with Crippen LogP contribution in [0.25, 0.3) is 11.4 Å². The van der Waals surface area contributed by atoms with Crippen molar-refractivity contribution in [3.63, 3.8) is 0 Å². The van der Waals surface area contributed by atoms with Gasteiger partial charge in [0.05, 0.1) is 16.3 Å². The van der Waals surface area contributed by atoms with Crippen molar-refractivity contribution in [2.75, 3.05) is 7.05 Å². The van der Waals surface area contributed by atoms with Crippen molar-refractivity contribution in [1.82, 2.24) is 39.3 Å². The van der Waals surface area contributed by atoms with Crippen molar-refractivity contribution in [1.29, 1.82) is 0 Å². The molecule has 2 aromatic heterocycles. The van der Waals surface area contributed by atoms with E-state index in [1.165, 1.54) is 21.6 Å². The van der Waals surface area contributed by atoms with Crippen molar-refractivity contribution >= 4 is 10.0 Å². The average Bonchev–Trinajstić information content (AvgIpc) is 3.47. The van der Waals surface area contributed by atoms with E-state index in [4.69, 9.17) is 0 Å². The fourth-order valence-corrected chi connectivity index (χ4v) is 4.58. The molecular weight excluding hydrogens is 404 g/mol. The molecule has 0 aliphatic heterocycles. The monoisotopic (exact) mass is 424 g/mol. The molecule has 2 heterocycles. The molecule has 0 amide bonds. The van der Waals surface area contributed by atoms with Crippen molar-refractivity contribution in [3.8, 4) is 11.4 Å². The van der Waals surface area contributed by atoms with Gasteiger partial charge < -0.3 is 0 Å². The zero-order valence-electron chi connectivity index (χ0n) is 16.7. The van der Waals surface area contributed by atoms with Crippen LogP contribution in [0.4, 0.5) is 0 Å². The van der Waals surface area contributed by atoms with E-state index in [0.717, 1.165) is 22.5 Å². The maximum atomic E-state index is 13.2. The van der Waals surface area contributed by atoms with Crippen LogP contribution in [0.2, 0.25) is 0 Å². The molecule has 11 heteroatoms. The largest absolute Gasteiger partial charge is 0.243 e. The van der Waals surface area contributed by atoms with Crippen LogP contribution >= 0.6 is 0 Å². The van der Waals surface area contributed by atoms with E-state index in [1.54, 1.807) is 36.3 Å². The summed E-state index contributed by atoms with van der Waals surface area (Å²) in [6, 6.07) is 12.1. The molecular formula is C19H20N8O2S. The number of hydrogen-bond donors (Lipinski definition) is 0. The van der Waals surface area contributed by atoms with Crippen LogP contribution in [0.1, 0.15) is 24.1 Å². The summed E-state index contributed by atoms with van der Waals surface area (Å²) in [6.45, 7) is 3.67. The van der Waals surface area contributed by atoms with Gasteiger partial charge in [-0.15, -0.1) is 5.10 Å². The minimum atomic E-state index is -3.70. The average molecular weight is 424 g/mol. The van der Waals surface area contributed by atoms with Crippen LogP contribution in [0.15, 0.2) is 66.3 Å². The number of sulfonamides is 1. The molecule has 4 rings (SSSR count). The molecule has 0 unspecified atom stereocenters. The molecule has 0 spiro atoms. The fraction of sp³-hybridized carbons (Fsp3) is 0.211. The number of aryl methyl sites for hydroxylation is 1. The molecule has 0 saturated carbocycles. The molecule has 0 aliphatic carbocycles. The lowest BCUT2D eigenvalue weighted by atomic mass is 10.1. The van der Waals surface area contributed by atoms with Crippen molar-refractivity contribution in [3.05, 3.63) is 72.6 Å². The lowest BCUT2D eigenvalue weighted by molar-refractivity contribution is 0.398. The highest BCUT2D eigenvalue weighted by atomic mass is 32.2. The predicted molar refractivity (Wildman–Crippen MR) is 109 cm³/mol. The highest BCUT2D eigenvalue weighted by molar-refractivity contribution is 7.89. The molecule has 0 fully saturated rings. The first-order valence-electron chi connectivity index (χ1n) is 9.15. The summed E-state index contributed by atoms with van der Waals surface area (Å²) in [7, 11) is -2.12. The minimum absolute atomic E-state index is 0.213. The zero-order valence-corrected chi connectivity index (χ0v) is 17.5. The van der Waals surface area contributed by atoms with Gasteiger partial charge >= 0.3 is 0 Å². The van der Waals surface area contributed by atoms with Crippen molar-refractivity contribution in [2.24, 2.45) is 0 Å². The van der Waals surface area contributed by atoms with E-state index >= 15 is 0 Å². The van der Waals surface area contributed by atoms with Crippen LogP contribution < -0.4 is 0 Å². The van der Waals surface area contributed by atoms with E-state index in [0.29, 0.717) is 0 Å². The van der Waals surface area contributed by atoms with Gasteiger partial charge in [-0.3, -0.25) is 0 Å². The van der Waals surface area contributed by atoms with Gasteiger partial charge in [-0.05, 0) is 65.7 Å². The van der Waals surface area contributed by atoms with E-state index in [9.17, 15) is 8.42 Å². The molecule has 0 N–H and O–H groups in total. The lowest BCUT2D eigenvalue weighted by Crippen LogP contribution is -2.30. The number of tetrazole rings is 1. The quantitative estimate of drug-likeness (QED) is 0.465. The van der Waals surface area contributed by atoms with Gasteiger partial charge in [0, 0.05) is 13.1 Å². The van der Waals surface area contributed by atoms with Crippen LogP contribution in [0, 0.1) is 6.92 Å². The summed E-state index contributed by atoms with van der Waals surface area (Å²) in [5.74, 6) is 0. The summed E-state index contributed by atoms with van der Waals surface area (Å²) in [5, 5.41) is 15.2. The second-order valence-electron chi connectivity index (χ2n) is 6.83. The number of nitrogens with zero attached hydrogens (tertiary/aromatic N) is 8. The SMILES string of the molecule is Cc1cc(S(=O)(=O)N(C)[C@H](C)c2ccc(-n3cncn3)cc2)ccc1-n1cnnn1. The van der Waals surface area contributed by atoms with Crippen LogP contribution in [0.3, 0.4) is 0 Å². The number of rotatable bonds is 6. The second kappa shape index (κ2) is 7.76. The first kappa shape index (κ1) is 19.9. The molecule has 154 valence electrons. The Kier molecular flexibility index (Phi) is 5.14. The number of hydrogen-bond acceptors (Lipinski definition) is 7. The van der Waals surface area contributed by atoms with Gasteiger partial charge in [0.1, 0.15) is 19.0 Å². The Morgan fingerprint density at radius 3 is 2.40 bits per heavy atom. The summed E-state index contributed by atoms with van der Waals surface area (Å²) in [4.78, 5) is 4.14. The number of benzene rings is 2. The Balaban J connectivity index is 1.58. The van der Waals surface area contributed by atoms with E-state index in [2.05, 4.69) is 25.6 Å². The molecule has 4 aromatic rings. The summed E-state index contributed by atoms with van der Waals surface area (Å²) >= 11 is 0. The van der Waals surface area contributed by atoms with Crippen LogP contribution in [-0.2, 0) is 10.0 Å². The van der Waals surface area contributed by atoms with Crippen LogP contribution in [-0.4, -0.2) is 54.7 Å². The molecule has 2 aromatic carbocycles. The molecule has 10 nitrogen and oxygen atoms in total. The summed E-state index contributed by atoms with van der Waals surface area (Å²) < 4.78 is 30.9. The van der Waals surface area contributed by atoms with Gasteiger partial charge in [-0.1, -0.05) is 12.1 Å². The predicted octanol–water partition coefficient (Wildman–Crippen LogP) is 1.93. The zero-order chi connectivity index (χ0) is 21.3. The van der Waals surface area contributed by atoms with Gasteiger partial charge in [0.25, 0.3) is 0 Å². The first-order valence-corrected chi connectivity index (χ1v) is 10.6. The third-order valence-corrected chi connectivity index (χ3v) is 6.97. The molecule has 1 atom stereocenters. The van der Waals surface area contributed by atoms with Gasteiger partial charge in [-0.2, -0.15) is 9.40 Å². The fourth-order valence-electron chi connectivity index (χ4n) is 3.15. The van der Waals surface area contributed by atoms with Gasteiger partial charge in [-0.25, -0.2) is 22.8 Å². The van der Waals surface area contributed by atoms with Crippen molar-refractivity contribution in [2.45, 2.75) is 24.8 Å². The Hall–Kier alpha value is -3.44. The van der Waals surface area contributed by atoms with E-state index in [1.807, 2.05) is 38.1 Å². The van der Waals surface area contributed by atoms with Gasteiger partial charge in [0.2, 0.25) is 10.0 Å². The first-order chi connectivity index (χ1) is 14.4. The molecule has 0 bridgehead atoms. The highest BCUT2D eigenvalue weighted by Gasteiger charge is 2.27. The van der Waals surface area contributed by atoms with E-state index < -0.39 is 10.0 Å². The molecule has 0 saturated heterocycles. The van der Waals surface area contributed by atoms with E-state index in [-0.39, 0.29) is 10.9 Å². The Morgan fingerprint density at radius 2 is 1.80 bits per heavy atom. The minimum Gasteiger partial charge on any atom is -0.223 e. The normalized spacial score (nSPS) is 12.9. The lowest BCUT2D eigenvalue weighted by Gasteiger charge is -2.25. The van der Waals surface area contributed by atoms with Crippen molar-refractivity contribution < 1.29 is 8.42 Å². The summed E-state index contributed by atoms with van der Waals surface area (Å²) in [6.07, 6.45) is 4.54. The third-order valence-electron chi connectivity index (χ3n) is 5.05. The number of aromatic nitrogens is 7. The molecule has 0 aliphatic rings. The maximum Gasteiger partial charge on any atom is 0.243 e. The summed E-state index contributed by atoms with van der Waals surface area (Å²) in [5.41, 5.74) is 3.19. The van der Waals surface area contributed by atoms with Crippen LogP contribution in [0.5, 0.6) is 0 Å². The Morgan fingerprint density at radius 1 is 1.03 bits per heavy atom. The standard InChI is InChI=1S/C19H20N8O2S/c1-14-10-18(8-9-19(14)27-13-21-23-24-27)30(28,29)25(3)15(2)16-4-6-17(7-5-16)26-12-20-11-22-26/h4-13,15H,1-3H3/t15-/m1/s1. The van der Waals surface area contributed by atoms with Gasteiger partial charge in [0.15, 0.2) is 0 Å². The third kappa shape index (κ3) is 3.60. The second-order valence-corrected chi connectivity index (χ2v) is 8.83. The smallest absolute Gasteiger partial charge is 0.223 e. The Bertz CT molecular complexity index is 1240. The molecule has 30 heavy (non-hydrogen) atoms. The topological polar surface area (TPSA) is 112 Å². The maximum absolute atomic E-state index is 13.2. The highest BCUT2D eigenvalue weighted by Crippen LogP contribution is 2.28. The Labute approximate surface area is 173 Å². The molecule has 0 radical (unpaired) electrons.